The predicted octanol–water partition coefficient (Wildman–Crippen LogP) is 5.49. The van der Waals surface area contributed by atoms with Gasteiger partial charge in [-0.25, -0.2) is 0 Å². The zero-order valence-electron chi connectivity index (χ0n) is 18.1. The monoisotopic (exact) mass is 397 g/mol. The molecule has 1 aliphatic heterocycles. The van der Waals surface area contributed by atoms with E-state index in [2.05, 4.69) is 57.3 Å². The Morgan fingerprint density at radius 2 is 1.93 bits per heavy atom. The van der Waals surface area contributed by atoms with Crippen LogP contribution in [0.2, 0.25) is 0 Å². The highest BCUT2D eigenvalue weighted by atomic mass is 16.5. The molecule has 2 aromatic rings. The number of phenols is 1. The van der Waals surface area contributed by atoms with Gasteiger partial charge < -0.3 is 20.3 Å². The average molecular weight is 398 g/mol. The van der Waals surface area contributed by atoms with Crippen LogP contribution in [0.15, 0.2) is 42.5 Å². The Morgan fingerprint density at radius 3 is 2.62 bits per heavy atom. The second-order valence-corrected chi connectivity index (χ2v) is 9.19. The standard InChI is InChI=1S/C25H35NO3/c1-17-13-21(25(3,4)16-27)24-22(26-17)14-20(15-23(24)28)29-18(2)9-8-12-19-10-6-5-7-11-19/h5-7,10-11,14-15,17-18,21,26-28H,8-9,12-13,16H2,1-4H3. The van der Waals surface area contributed by atoms with Gasteiger partial charge in [-0.05, 0) is 56.4 Å². The number of fused-ring (bicyclic) bond motifs is 1. The fourth-order valence-electron chi connectivity index (χ4n) is 4.31. The Bertz CT molecular complexity index is 803. The van der Waals surface area contributed by atoms with Gasteiger partial charge in [0.05, 0.1) is 6.10 Å². The molecule has 158 valence electrons. The van der Waals surface area contributed by atoms with Crippen molar-refractivity contribution in [1.29, 1.82) is 0 Å². The Morgan fingerprint density at radius 1 is 1.21 bits per heavy atom. The first-order valence-corrected chi connectivity index (χ1v) is 10.7. The molecule has 0 saturated carbocycles. The molecular weight excluding hydrogens is 362 g/mol. The summed E-state index contributed by atoms with van der Waals surface area (Å²) in [6, 6.07) is 14.5. The zero-order valence-corrected chi connectivity index (χ0v) is 18.1. The van der Waals surface area contributed by atoms with E-state index in [0.29, 0.717) is 5.75 Å². The minimum absolute atomic E-state index is 0.0712. The van der Waals surface area contributed by atoms with Crippen LogP contribution in [-0.4, -0.2) is 29.0 Å². The van der Waals surface area contributed by atoms with Crippen molar-refractivity contribution in [3.8, 4) is 11.5 Å². The molecule has 4 heteroatoms. The Hall–Kier alpha value is -2.20. The Labute approximate surface area is 174 Å². The van der Waals surface area contributed by atoms with Crippen molar-refractivity contribution in [3.05, 3.63) is 53.6 Å². The first-order valence-electron chi connectivity index (χ1n) is 10.7. The number of benzene rings is 2. The molecule has 3 N–H and O–H groups in total. The molecule has 0 aromatic heterocycles. The van der Waals surface area contributed by atoms with E-state index in [1.54, 1.807) is 6.07 Å². The maximum Gasteiger partial charge on any atom is 0.125 e. The van der Waals surface area contributed by atoms with Crippen molar-refractivity contribution in [3.63, 3.8) is 0 Å². The van der Waals surface area contributed by atoms with Crippen LogP contribution in [0, 0.1) is 5.41 Å². The fourth-order valence-corrected chi connectivity index (χ4v) is 4.31. The van der Waals surface area contributed by atoms with Gasteiger partial charge in [-0.3, -0.25) is 0 Å². The molecule has 2 aromatic carbocycles. The van der Waals surface area contributed by atoms with Crippen LogP contribution in [0.3, 0.4) is 0 Å². The van der Waals surface area contributed by atoms with E-state index in [4.69, 9.17) is 4.74 Å². The SMILES string of the molecule is CC1CC(C(C)(C)CO)c2c(O)cc(OC(C)CCCc3ccccc3)cc2N1. The molecular formula is C25H35NO3. The third-order valence-corrected chi connectivity index (χ3v) is 6.08. The van der Waals surface area contributed by atoms with Crippen molar-refractivity contribution in [2.75, 3.05) is 11.9 Å². The number of anilines is 1. The van der Waals surface area contributed by atoms with Crippen LogP contribution in [0.4, 0.5) is 5.69 Å². The summed E-state index contributed by atoms with van der Waals surface area (Å²) in [5.41, 5.74) is 2.87. The fraction of sp³-hybridized carbons (Fsp3) is 0.520. The lowest BCUT2D eigenvalue weighted by Gasteiger charge is -2.40. The molecule has 0 spiro atoms. The van der Waals surface area contributed by atoms with Crippen LogP contribution < -0.4 is 10.1 Å². The van der Waals surface area contributed by atoms with Gasteiger partial charge in [-0.2, -0.15) is 0 Å². The summed E-state index contributed by atoms with van der Waals surface area (Å²) < 4.78 is 6.13. The number of aliphatic hydroxyl groups is 1. The van der Waals surface area contributed by atoms with Gasteiger partial charge in [0.15, 0.2) is 0 Å². The summed E-state index contributed by atoms with van der Waals surface area (Å²) >= 11 is 0. The van der Waals surface area contributed by atoms with Crippen molar-refractivity contribution in [1.82, 2.24) is 0 Å². The molecule has 29 heavy (non-hydrogen) atoms. The highest BCUT2D eigenvalue weighted by molar-refractivity contribution is 5.65. The van der Waals surface area contributed by atoms with E-state index < -0.39 is 0 Å². The van der Waals surface area contributed by atoms with Crippen LogP contribution >= 0.6 is 0 Å². The topological polar surface area (TPSA) is 61.7 Å². The second kappa shape index (κ2) is 9.08. The largest absolute Gasteiger partial charge is 0.507 e. The quantitative estimate of drug-likeness (QED) is 0.551. The molecule has 1 aliphatic rings. The van der Waals surface area contributed by atoms with Crippen LogP contribution in [0.1, 0.15) is 64.0 Å². The first kappa shape index (κ1) is 21.5. The number of ether oxygens (including phenoxy) is 1. The smallest absolute Gasteiger partial charge is 0.125 e. The summed E-state index contributed by atoms with van der Waals surface area (Å²) in [5, 5.41) is 24.1. The average Bonchev–Trinajstić information content (AvgIpc) is 2.67. The summed E-state index contributed by atoms with van der Waals surface area (Å²) in [6.07, 6.45) is 4.01. The number of nitrogens with one attached hydrogen (secondary N) is 1. The van der Waals surface area contributed by atoms with E-state index in [0.717, 1.165) is 36.9 Å². The van der Waals surface area contributed by atoms with Crippen molar-refractivity contribution in [2.24, 2.45) is 5.41 Å². The molecule has 3 rings (SSSR count). The van der Waals surface area contributed by atoms with Gasteiger partial charge in [0.2, 0.25) is 0 Å². The summed E-state index contributed by atoms with van der Waals surface area (Å²) in [7, 11) is 0. The third kappa shape index (κ3) is 5.24. The molecule has 1 heterocycles. The molecule has 0 fully saturated rings. The summed E-state index contributed by atoms with van der Waals surface area (Å²) in [5.74, 6) is 1.03. The number of rotatable bonds is 8. The molecule has 0 saturated heterocycles. The predicted molar refractivity (Wildman–Crippen MR) is 119 cm³/mol. The van der Waals surface area contributed by atoms with E-state index >= 15 is 0 Å². The molecule has 4 nitrogen and oxygen atoms in total. The van der Waals surface area contributed by atoms with E-state index in [1.807, 2.05) is 12.1 Å². The van der Waals surface area contributed by atoms with E-state index in [1.165, 1.54) is 5.56 Å². The lowest BCUT2D eigenvalue weighted by Crippen LogP contribution is -2.35. The van der Waals surface area contributed by atoms with Crippen molar-refractivity contribution in [2.45, 2.75) is 71.4 Å². The third-order valence-electron chi connectivity index (χ3n) is 6.08. The van der Waals surface area contributed by atoms with Gasteiger partial charge in [0, 0.05) is 36.0 Å². The van der Waals surface area contributed by atoms with Crippen LogP contribution in [-0.2, 0) is 6.42 Å². The zero-order chi connectivity index (χ0) is 21.0. The highest BCUT2D eigenvalue weighted by Gasteiger charge is 2.38. The van der Waals surface area contributed by atoms with E-state index in [-0.39, 0.29) is 35.8 Å². The maximum atomic E-state index is 10.8. The number of hydrogen-bond donors (Lipinski definition) is 3. The number of aromatic hydroxyl groups is 1. The van der Waals surface area contributed by atoms with Gasteiger partial charge >= 0.3 is 0 Å². The van der Waals surface area contributed by atoms with Gasteiger partial charge in [0.25, 0.3) is 0 Å². The van der Waals surface area contributed by atoms with Gasteiger partial charge in [-0.15, -0.1) is 0 Å². The Kier molecular flexibility index (Phi) is 6.74. The van der Waals surface area contributed by atoms with Gasteiger partial charge in [0.1, 0.15) is 11.5 Å². The normalized spacial score (nSPS) is 19.9. The lowest BCUT2D eigenvalue weighted by molar-refractivity contribution is 0.121. The minimum Gasteiger partial charge on any atom is -0.507 e. The lowest BCUT2D eigenvalue weighted by atomic mass is 9.70. The van der Waals surface area contributed by atoms with E-state index in [9.17, 15) is 10.2 Å². The molecule has 3 atom stereocenters. The van der Waals surface area contributed by atoms with Crippen LogP contribution in [0.5, 0.6) is 11.5 Å². The number of phenolic OH excluding ortho intramolecular Hbond substituents is 1. The number of aliphatic hydroxyl groups excluding tert-OH is 1. The molecule has 0 radical (unpaired) electrons. The molecule has 0 aliphatic carbocycles. The molecule has 0 amide bonds. The number of hydrogen-bond acceptors (Lipinski definition) is 4. The second-order valence-electron chi connectivity index (χ2n) is 9.19. The van der Waals surface area contributed by atoms with Crippen LogP contribution in [0.25, 0.3) is 0 Å². The summed E-state index contributed by atoms with van der Waals surface area (Å²) in [4.78, 5) is 0. The first-order chi connectivity index (χ1) is 13.8. The number of aryl methyl sites for hydroxylation is 1. The minimum atomic E-state index is -0.296. The molecule has 3 unspecified atom stereocenters. The van der Waals surface area contributed by atoms with Crippen molar-refractivity contribution < 1.29 is 14.9 Å². The highest BCUT2D eigenvalue weighted by Crippen LogP contribution is 2.50. The Balaban J connectivity index is 1.68. The maximum absolute atomic E-state index is 10.8. The summed E-state index contributed by atoms with van der Waals surface area (Å²) in [6.45, 7) is 8.41. The van der Waals surface area contributed by atoms with Gasteiger partial charge in [-0.1, -0.05) is 44.2 Å². The molecule has 0 bridgehead atoms. The van der Waals surface area contributed by atoms with Crippen molar-refractivity contribution >= 4 is 5.69 Å².